The molecule has 0 radical (unpaired) electrons. The Morgan fingerprint density at radius 1 is 1.36 bits per heavy atom. The molecule has 0 saturated carbocycles. The average Bonchev–Trinajstić information content (AvgIpc) is 3.09. The summed E-state index contributed by atoms with van der Waals surface area (Å²) in [5.41, 5.74) is 1.57. The molecule has 1 atom stereocenters. The van der Waals surface area contributed by atoms with Crippen LogP contribution in [0.1, 0.15) is 12.5 Å². The number of nitrogens with zero attached hydrogens (tertiary/aromatic N) is 2. The third-order valence-electron chi connectivity index (χ3n) is 4.63. The molecule has 1 saturated heterocycles. The fraction of sp³-hybridized carbons (Fsp3) is 0.333. The number of nitriles is 1. The van der Waals surface area contributed by atoms with E-state index in [9.17, 15) is 4.79 Å². The molecule has 1 aliphatic heterocycles. The maximum atomic E-state index is 12.5. The van der Waals surface area contributed by atoms with Crippen LogP contribution >= 0.6 is 22.9 Å². The van der Waals surface area contributed by atoms with Gasteiger partial charge in [-0.25, -0.2) is 0 Å². The quantitative estimate of drug-likeness (QED) is 0.859. The van der Waals surface area contributed by atoms with Crippen molar-refractivity contribution in [3.05, 3.63) is 46.3 Å². The Hall–Kier alpha value is -2.07. The minimum atomic E-state index is -0.165. The largest absolute Gasteiger partial charge is 0.359 e. The standard InChI is InChI=1S/C18H19ClN4OS/c1-13(17(24)21-18-14(12-20)6-11-25-18)22-7-9-23(10-8-22)16-5-3-2-4-15(16)19/h2-6,11,13H,7-10H2,1H3,(H,21,24)/p+1/t13-/m1/s1. The van der Waals surface area contributed by atoms with Crippen LogP contribution in [-0.2, 0) is 4.79 Å². The second-order valence-corrected chi connectivity index (χ2v) is 7.41. The second kappa shape index (κ2) is 7.87. The van der Waals surface area contributed by atoms with E-state index in [1.165, 1.54) is 16.2 Å². The van der Waals surface area contributed by atoms with Crippen molar-refractivity contribution in [1.29, 1.82) is 5.26 Å². The van der Waals surface area contributed by atoms with Crippen LogP contribution in [0.5, 0.6) is 0 Å². The maximum absolute atomic E-state index is 12.5. The second-order valence-electron chi connectivity index (χ2n) is 6.08. The fourth-order valence-electron chi connectivity index (χ4n) is 3.08. The van der Waals surface area contributed by atoms with Crippen molar-refractivity contribution in [2.45, 2.75) is 13.0 Å². The molecule has 3 rings (SSSR count). The molecule has 1 aliphatic rings. The van der Waals surface area contributed by atoms with Gasteiger partial charge in [0.25, 0.3) is 5.91 Å². The monoisotopic (exact) mass is 375 g/mol. The normalized spacial score (nSPS) is 16.3. The summed E-state index contributed by atoms with van der Waals surface area (Å²) >= 11 is 7.66. The van der Waals surface area contributed by atoms with Gasteiger partial charge in [-0.1, -0.05) is 23.7 Å². The molecule has 1 aromatic heterocycles. The number of carbonyl (C=O) groups is 1. The summed E-state index contributed by atoms with van der Waals surface area (Å²) in [4.78, 5) is 16.0. The molecule has 2 N–H and O–H groups in total. The predicted octanol–water partition coefficient (Wildman–Crippen LogP) is 2.01. The maximum Gasteiger partial charge on any atom is 0.283 e. The topological polar surface area (TPSA) is 60.6 Å². The fourth-order valence-corrected chi connectivity index (χ4v) is 4.07. The molecule has 1 fully saturated rings. The van der Waals surface area contributed by atoms with E-state index in [0.717, 1.165) is 36.9 Å². The molecule has 7 heteroatoms. The van der Waals surface area contributed by atoms with Crippen LogP contribution in [0.4, 0.5) is 10.7 Å². The van der Waals surface area contributed by atoms with Crippen LogP contribution in [-0.4, -0.2) is 38.1 Å². The number of amides is 1. The smallest absolute Gasteiger partial charge is 0.283 e. The predicted molar refractivity (Wildman–Crippen MR) is 101 cm³/mol. The van der Waals surface area contributed by atoms with E-state index in [2.05, 4.69) is 16.3 Å². The molecule has 0 spiro atoms. The first-order valence-electron chi connectivity index (χ1n) is 8.22. The molecule has 1 aromatic carbocycles. The molecule has 1 amide bonds. The van der Waals surface area contributed by atoms with Crippen molar-refractivity contribution >= 4 is 39.5 Å². The van der Waals surface area contributed by atoms with Crippen LogP contribution in [0, 0.1) is 11.3 Å². The summed E-state index contributed by atoms with van der Waals surface area (Å²) in [5.74, 6) is -0.0415. The van der Waals surface area contributed by atoms with Crippen molar-refractivity contribution in [2.24, 2.45) is 0 Å². The third-order valence-corrected chi connectivity index (χ3v) is 5.78. The average molecular weight is 376 g/mol. The number of nitrogens with one attached hydrogen (secondary N) is 2. The van der Waals surface area contributed by atoms with Gasteiger partial charge in [0.15, 0.2) is 6.04 Å². The molecule has 5 nitrogen and oxygen atoms in total. The van der Waals surface area contributed by atoms with E-state index in [0.29, 0.717) is 10.6 Å². The van der Waals surface area contributed by atoms with Gasteiger partial charge >= 0.3 is 0 Å². The van der Waals surface area contributed by atoms with Crippen molar-refractivity contribution in [1.82, 2.24) is 0 Å². The van der Waals surface area contributed by atoms with Gasteiger partial charge in [-0.3, -0.25) is 4.79 Å². The van der Waals surface area contributed by atoms with Crippen molar-refractivity contribution in [3.63, 3.8) is 0 Å². The first-order chi connectivity index (χ1) is 12.1. The number of carbonyl (C=O) groups excluding carboxylic acids is 1. The minimum Gasteiger partial charge on any atom is -0.359 e. The molecule has 0 bridgehead atoms. The lowest BCUT2D eigenvalue weighted by atomic mass is 10.2. The molecule has 2 aromatic rings. The van der Waals surface area contributed by atoms with E-state index in [1.54, 1.807) is 6.07 Å². The lowest BCUT2D eigenvalue weighted by Gasteiger charge is -2.36. The lowest BCUT2D eigenvalue weighted by Crippen LogP contribution is -3.19. The molecule has 25 heavy (non-hydrogen) atoms. The van der Waals surface area contributed by atoms with E-state index in [-0.39, 0.29) is 11.9 Å². The van der Waals surface area contributed by atoms with Crippen molar-refractivity contribution in [2.75, 3.05) is 36.4 Å². The van der Waals surface area contributed by atoms with Crippen molar-refractivity contribution < 1.29 is 9.69 Å². The minimum absolute atomic E-state index is 0.0415. The van der Waals surface area contributed by atoms with Gasteiger partial charge in [0.2, 0.25) is 0 Å². The first-order valence-corrected chi connectivity index (χ1v) is 9.48. The number of piperazine rings is 1. The molecular weight excluding hydrogens is 356 g/mol. The number of benzene rings is 1. The Morgan fingerprint density at radius 3 is 2.76 bits per heavy atom. The Labute approximate surface area is 156 Å². The third kappa shape index (κ3) is 3.96. The zero-order chi connectivity index (χ0) is 17.8. The Kier molecular flexibility index (Phi) is 5.59. The van der Waals surface area contributed by atoms with Crippen LogP contribution in [0.2, 0.25) is 5.02 Å². The Balaban J connectivity index is 1.58. The zero-order valence-corrected chi connectivity index (χ0v) is 15.5. The highest BCUT2D eigenvalue weighted by Crippen LogP contribution is 2.25. The number of halogens is 1. The van der Waals surface area contributed by atoms with Gasteiger partial charge in [0, 0.05) is 0 Å². The van der Waals surface area contributed by atoms with Gasteiger partial charge in [0.05, 0.1) is 42.5 Å². The summed E-state index contributed by atoms with van der Waals surface area (Å²) in [6.07, 6.45) is 0. The van der Waals surface area contributed by atoms with Gasteiger partial charge in [-0.2, -0.15) is 5.26 Å². The molecule has 0 aliphatic carbocycles. The number of quaternary nitrogens is 1. The summed E-state index contributed by atoms with van der Waals surface area (Å²) in [5, 5.41) is 15.2. The van der Waals surface area contributed by atoms with Gasteiger partial charge < -0.3 is 15.1 Å². The van der Waals surface area contributed by atoms with E-state index < -0.39 is 0 Å². The number of thiophene rings is 1. The lowest BCUT2D eigenvalue weighted by molar-refractivity contribution is -0.914. The van der Waals surface area contributed by atoms with Gasteiger partial charge in [-0.15, -0.1) is 11.3 Å². The molecule has 130 valence electrons. The number of hydrogen-bond donors (Lipinski definition) is 2. The van der Waals surface area contributed by atoms with E-state index in [1.807, 2.05) is 36.6 Å². The first kappa shape index (κ1) is 17.7. The Bertz CT molecular complexity index is 792. The Morgan fingerprint density at radius 2 is 2.08 bits per heavy atom. The highest BCUT2D eigenvalue weighted by atomic mass is 35.5. The molecule has 0 unspecified atom stereocenters. The number of rotatable bonds is 4. The SMILES string of the molecule is C[C@H](C(=O)Nc1sccc1C#N)[NH+]1CCN(c2ccccc2Cl)CC1. The van der Waals surface area contributed by atoms with E-state index >= 15 is 0 Å². The van der Waals surface area contributed by atoms with Gasteiger partial charge in [0.1, 0.15) is 11.1 Å². The summed E-state index contributed by atoms with van der Waals surface area (Å²) in [6.45, 7) is 5.40. The highest BCUT2D eigenvalue weighted by Gasteiger charge is 2.30. The van der Waals surface area contributed by atoms with Crippen LogP contribution in [0.15, 0.2) is 35.7 Å². The van der Waals surface area contributed by atoms with Gasteiger partial charge in [-0.05, 0) is 30.5 Å². The molecular formula is C18H20ClN4OS+. The number of para-hydroxylation sites is 1. The van der Waals surface area contributed by atoms with Crippen molar-refractivity contribution in [3.8, 4) is 6.07 Å². The summed E-state index contributed by atoms with van der Waals surface area (Å²) in [7, 11) is 0. The highest BCUT2D eigenvalue weighted by molar-refractivity contribution is 7.14. The van der Waals surface area contributed by atoms with Crippen LogP contribution < -0.4 is 15.1 Å². The zero-order valence-electron chi connectivity index (χ0n) is 14.0. The summed E-state index contributed by atoms with van der Waals surface area (Å²) < 4.78 is 0. The van der Waals surface area contributed by atoms with E-state index in [4.69, 9.17) is 16.9 Å². The van der Waals surface area contributed by atoms with Crippen LogP contribution in [0.3, 0.4) is 0 Å². The number of anilines is 2. The summed E-state index contributed by atoms with van der Waals surface area (Å²) in [6, 6.07) is 11.5. The number of hydrogen-bond acceptors (Lipinski definition) is 4. The molecule has 2 heterocycles. The van der Waals surface area contributed by atoms with Crippen LogP contribution in [0.25, 0.3) is 0 Å².